The molecule has 5 N–H and O–H groups in total. The van der Waals surface area contributed by atoms with Crippen molar-refractivity contribution in [1.29, 1.82) is 0 Å². The molecule has 0 spiro atoms. The van der Waals surface area contributed by atoms with Crippen LogP contribution < -0.4 is 5.73 Å². The summed E-state index contributed by atoms with van der Waals surface area (Å²) in [7, 11) is -1.34. The average Bonchev–Trinajstić information content (AvgIpc) is 2.42. The van der Waals surface area contributed by atoms with E-state index in [4.69, 9.17) is 15.8 Å². The van der Waals surface area contributed by atoms with Gasteiger partial charge in [0.05, 0.1) is 0 Å². The Morgan fingerprint density at radius 3 is 2.29 bits per heavy atom. The largest absolute Gasteiger partial charge is 0.480 e. The van der Waals surface area contributed by atoms with Crippen LogP contribution in [-0.4, -0.2) is 33.8 Å². The van der Waals surface area contributed by atoms with Crippen LogP contribution in [0.15, 0.2) is 30.3 Å². The highest BCUT2D eigenvalue weighted by Crippen LogP contribution is 2.20. The van der Waals surface area contributed by atoms with Crippen molar-refractivity contribution in [2.45, 2.75) is 44.0 Å². The van der Waals surface area contributed by atoms with E-state index in [1.807, 2.05) is 30.3 Å². The molecule has 1 aromatic carbocycles. The van der Waals surface area contributed by atoms with Gasteiger partial charge in [0, 0.05) is 0 Å². The van der Waals surface area contributed by atoms with Crippen LogP contribution in [0.4, 0.5) is 0 Å². The summed E-state index contributed by atoms with van der Waals surface area (Å²) in [4.78, 5) is 11.3. The number of carboxylic acid groups (broad SMARTS) is 1. The molecule has 0 aliphatic carbocycles. The van der Waals surface area contributed by atoms with Crippen LogP contribution in [0.25, 0.3) is 0 Å². The molecule has 0 aromatic heterocycles. The summed E-state index contributed by atoms with van der Waals surface area (Å²) in [6.45, 7) is 0. The van der Waals surface area contributed by atoms with Crippen molar-refractivity contribution < 1.29 is 19.9 Å². The number of hydrogen-bond acceptors (Lipinski definition) is 4. The lowest BCUT2D eigenvalue weighted by Gasteiger charge is -2.24. The van der Waals surface area contributed by atoms with Gasteiger partial charge in [0.1, 0.15) is 5.54 Å². The van der Waals surface area contributed by atoms with Gasteiger partial charge in [0.15, 0.2) is 0 Å². The molecule has 1 rings (SSSR count). The summed E-state index contributed by atoms with van der Waals surface area (Å²) in [5.74, 6) is -1.00. The van der Waals surface area contributed by atoms with Gasteiger partial charge in [-0.05, 0) is 31.1 Å². The summed E-state index contributed by atoms with van der Waals surface area (Å²) in [6.07, 6.45) is 2.68. The zero-order valence-corrected chi connectivity index (χ0v) is 12.8. The molecular weight excluding hydrogens is 292 g/mol. The molecule has 1 atom stereocenters. The lowest BCUT2D eigenvalue weighted by Crippen LogP contribution is -2.48. The fraction of sp³-hybridized carbons (Fsp3) is 0.500. The molecule has 0 saturated heterocycles. The molecule has 0 amide bonds. The first kappa shape index (κ1) is 19.9. The zero-order chi connectivity index (χ0) is 15.0. The molecule has 0 heterocycles. The van der Waals surface area contributed by atoms with Gasteiger partial charge in [-0.1, -0.05) is 43.2 Å². The number of carboxylic acids is 1. The Bertz CT molecular complexity index is 419. The van der Waals surface area contributed by atoms with E-state index in [-0.39, 0.29) is 18.7 Å². The van der Waals surface area contributed by atoms with E-state index in [9.17, 15) is 9.90 Å². The van der Waals surface area contributed by atoms with E-state index in [1.165, 1.54) is 0 Å². The quantitative estimate of drug-likeness (QED) is 0.408. The molecule has 0 aliphatic heterocycles. The molecule has 0 bridgehead atoms. The number of halogens is 1. The second-order valence-electron chi connectivity index (χ2n) is 5.17. The Kier molecular flexibility index (Phi) is 9.29. The zero-order valence-electron chi connectivity index (χ0n) is 11.9. The van der Waals surface area contributed by atoms with Crippen LogP contribution in [0.5, 0.6) is 0 Å². The number of rotatable bonds is 9. The third kappa shape index (κ3) is 7.48. The van der Waals surface area contributed by atoms with Gasteiger partial charge in [-0.3, -0.25) is 4.79 Å². The molecule has 7 heteroatoms. The Labute approximate surface area is 131 Å². The van der Waals surface area contributed by atoms with Gasteiger partial charge in [-0.15, -0.1) is 12.4 Å². The summed E-state index contributed by atoms with van der Waals surface area (Å²) >= 11 is 0. The maximum Gasteiger partial charge on any atom is 0.451 e. The minimum atomic E-state index is -1.34. The van der Waals surface area contributed by atoms with E-state index >= 15 is 0 Å². The maximum atomic E-state index is 11.3. The first-order valence-corrected chi connectivity index (χ1v) is 6.86. The first-order chi connectivity index (χ1) is 9.44. The van der Waals surface area contributed by atoms with Crippen LogP contribution in [-0.2, 0) is 11.2 Å². The van der Waals surface area contributed by atoms with Crippen LogP contribution >= 0.6 is 12.4 Å². The highest BCUT2D eigenvalue weighted by Gasteiger charge is 2.32. The SMILES string of the molecule is Cl.NC(CCCCB(O)O)(CCc1ccccc1)C(=O)O. The van der Waals surface area contributed by atoms with Crippen molar-refractivity contribution in [2.24, 2.45) is 5.73 Å². The Hall–Kier alpha value is -1.08. The highest BCUT2D eigenvalue weighted by molar-refractivity contribution is 6.40. The van der Waals surface area contributed by atoms with E-state index in [2.05, 4.69) is 0 Å². The van der Waals surface area contributed by atoms with Crippen molar-refractivity contribution in [1.82, 2.24) is 0 Å². The van der Waals surface area contributed by atoms with Crippen LogP contribution in [0, 0.1) is 0 Å². The average molecular weight is 316 g/mol. The third-order valence-electron chi connectivity index (χ3n) is 3.46. The number of nitrogens with two attached hydrogens (primary N) is 1. The summed E-state index contributed by atoms with van der Waals surface area (Å²) in [5, 5.41) is 26.8. The van der Waals surface area contributed by atoms with Crippen molar-refractivity contribution in [3.8, 4) is 0 Å². The fourth-order valence-corrected chi connectivity index (χ4v) is 2.12. The molecule has 0 saturated carbocycles. The van der Waals surface area contributed by atoms with Crippen molar-refractivity contribution >= 4 is 25.5 Å². The topological polar surface area (TPSA) is 104 Å². The predicted molar refractivity (Wildman–Crippen MR) is 85.4 cm³/mol. The first-order valence-electron chi connectivity index (χ1n) is 6.86. The predicted octanol–water partition coefficient (Wildman–Crippen LogP) is 1.47. The van der Waals surface area contributed by atoms with Gasteiger partial charge in [-0.2, -0.15) is 0 Å². The number of hydrogen-bond donors (Lipinski definition) is 4. The van der Waals surface area contributed by atoms with Crippen molar-refractivity contribution in [3.05, 3.63) is 35.9 Å². The minimum Gasteiger partial charge on any atom is -0.480 e. The smallest absolute Gasteiger partial charge is 0.451 e. The molecule has 5 nitrogen and oxygen atoms in total. The summed E-state index contributed by atoms with van der Waals surface area (Å²) in [5.41, 5.74) is 5.79. The van der Waals surface area contributed by atoms with Gasteiger partial charge in [0.25, 0.3) is 0 Å². The van der Waals surface area contributed by atoms with E-state index in [0.29, 0.717) is 32.1 Å². The summed E-state index contributed by atoms with van der Waals surface area (Å²) in [6, 6.07) is 9.64. The third-order valence-corrected chi connectivity index (χ3v) is 3.46. The molecule has 0 aliphatic rings. The van der Waals surface area contributed by atoms with Crippen molar-refractivity contribution in [2.75, 3.05) is 0 Å². The van der Waals surface area contributed by atoms with E-state index < -0.39 is 18.6 Å². The molecule has 118 valence electrons. The van der Waals surface area contributed by atoms with E-state index in [0.717, 1.165) is 5.56 Å². The second-order valence-corrected chi connectivity index (χ2v) is 5.17. The van der Waals surface area contributed by atoms with Crippen LogP contribution in [0.3, 0.4) is 0 Å². The van der Waals surface area contributed by atoms with Crippen LogP contribution in [0.2, 0.25) is 6.32 Å². The normalized spacial score (nSPS) is 13.1. The lowest BCUT2D eigenvalue weighted by molar-refractivity contribution is -0.144. The standard InChI is InChI=1S/C14H22BNO4.ClH/c16-14(13(17)18,9-4-5-11-15(19)20)10-8-12-6-2-1-3-7-12;/h1-3,6-7,19-20H,4-5,8-11,16H2,(H,17,18);1H. The van der Waals surface area contributed by atoms with Gasteiger partial charge in [0.2, 0.25) is 0 Å². The number of carbonyl (C=O) groups is 1. The minimum absolute atomic E-state index is 0. The van der Waals surface area contributed by atoms with Gasteiger partial charge in [-0.25, -0.2) is 0 Å². The number of aryl methyl sites for hydroxylation is 1. The molecule has 21 heavy (non-hydrogen) atoms. The monoisotopic (exact) mass is 315 g/mol. The van der Waals surface area contributed by atoms with Gasteiger partial charge < -0.3 is 20.9 Å². The highest BCUT2D eigenvalue weighted by atomic mass is 35.5. The molecular formula is C14H23BClNO4. The maximum absolute atomic E-state index is 11.3. The Morgan fingerprint density at radius 1 is 1.14 bits per heavy atom. The number of aliphatic carboxylic acids is 1. The summed E-state index contributed by atoms with van der Waals surface area (Å²) < 4.78 is 0. The van der Waals surface area contributed by atoms with E-state index in [1.54, 1.807) is 0 Å². The molecule has 1 unspecified atom stereocenters. The molecule has 0 radical (unpaired) electrons. The Morgan fingerprint density at radius 2 is 1.76 bits per heavy atom. The van der Waals surface area contributed by atoms with Crippen LogP contribution in [0.1, 0.15) is 31.2 Å². The Balaban J connectivity index is 0.00000400. The molecule has 0 fully saturated rings. The number of benzene rings is 1. The van der Waals surface area contributed by atoms with Crippen molar-refractivity contribution in [3.63, 3.8) is 0 Å². The van der Waals surface area contributed by atoms with Gasteiger partial charge >= 0.3 is 13.1 Å². The lowest BCUT2D eigenvalue weighted by atomic mass is 9.81. The number of unbranched alkanes of at least 4 members (excludes halogenated alkanes) is 1. The fourth-order valence-electron chi connectivity index (χ4n) is 2.12. The molecule has 1 aromatic rings. The second kappa shape index (κ2) is 9.79.